The van der Waals surface area contributed by atoms with Gasteiger partial charge in [0, 0.05) is 22.8 Å². The first-order valence-electron chi connectivity index (χ1n) is 6.33. The Morgan fingerprint density at radius 2 is 2.12 bits per heavy atom. The largest absolute Gasteiger partial charge is 0.366 e. The fourth-order valence-electron chi connectivity index (χ4n) is 2.44. The predicted molar refractivity (Wildman–Crippen MR) is 75.0 cm³/mol. The van der Waals surface area contributed by atoms with Gasteiger partial charge in [-0.3, -0.25) is 0 Å². The molecule has 1 aromatic carbocycles. The summed E-state index contributed by atoms with van der Waals surface area (Å²) in [6.07, 6.45) is 2.33. The molecule has 0 aromatic heterocycles. The average Bonchev–Trinajstić information content (AvgIpc) is 2.25. The van der Waals surface area contributed by atoms with Crippen LogP contribution in [0.5, 0.6) is 0 Å². The van der Waals surface area contributed by atoms with E-state index in [1.54, 1.807) is 0 Å². The van der Waals surface area contributed by atoms with Gasteiger partial charge in [0.2, 0.25) is 0 Å². The molecule has 1 N–H and O–H groups in total. The Hall–Kier alpha value is -0.730. The Kier molecular flexibility index (Phi) is 3.95. The molecule has 1 aromatic rings. The molecule has 0 unspecified atom stereocenters. The molecule has 0 bridgehead atoms. The second-order valence-electron chi connectivity index (χ2n) is 5.30. The Labute approximate surface area is 109 Å². The molecule has 2 rings (SSSR count). The summed E-state index contributed by atoms with van der Waals surface area (Å²) in [4.78, 5) is 2.49. The number of nitrogens with one attached hydrogen (secondary N) is 1. The van der Waals surface area contributed by atoms with E-state index < -0.39 is 0 Å². The summed E-state index contributed by atoms with van der Waals surface area (Å²) in [6.45, 7) is 7.89. The standard InChI is InChI=1S/C14H21ClN2/c1-14(2)7-9-16-8-4-10-17(14)13-6-3-5-12(15)11-13/h3,5-6,11,16H,4,7-10H2,1-2H3. The lowest BCUT2D eigenvalue weighted by Crippen LogP contribution is -2.48. The van der Waals surface area contributed by atoms with Crippen molar-refractivity contribution in [3.8, 4) is 0 Å². The zero-order valence-electron chi connectivity index (χ0n) is 10.7. The van der Waals surface area contributed by atoms with Crippen LogP contribution < -0.4 is 10.2 Å². The second kappa shape index (κ2) is 5.28. The first-order chi connectivity index (χ1) is 8.09. The van der Waals surface area contributed by atoms with Gasteiger partial charge in [-0.05, 0) is 58.0 Å². The first kappa shape index (κ1) is 12.7. The van der Waals surface area contributed by atoms with Crippen molar-refractivity contribution in [2.24, 2.45) is 0 Å². The topological polar surface area (TPSA) is 15.3 Å². The third-order valence-electron chi connectivity index (χ3n) is 3.50. The van der Waals surface area contributed by atoms with Crippen LogP contribution in [-0.4, -0.2) is 25.2 Å². The molecular weight excluding hydrogens is 232 g/mol. The van der Waals surface area contributed by atoms with Crippen LogP contribution in [-0.2, 0) is 0 Å². The summed E-state index contributed by atoms with van der Waals surface area (Å²) in [5.41, 5.74) is 1.42. The maximum Gasteiger partial charge on any atom is 0.0426 e. The van der Waals surface area contributed by atoms with Crippen LogP contribution in [0.25, 0.3) is 0 Å². The van der Waals surface area contributed by atoms with Gasteiger partial charge in [-0.25, -0.2) is 0 Å². The van der Waals surface area contributed by atoms with Gasteiger partial charge >= 0.3 is 0 Å². The molecule has 3 heteroatoms. The highest BCUT2D eigenvalue weighted by molar-refractivity contribution is 6.30. The van der Waals surface area contributed by atoms with Crippen molar-refractivity contribution in [1.82, 2.24) is 5.32 Å². The summed E-state index contributed by atoms with van der Waals surface area (Å²) in [5.74, 6) is 0. The van der Waals surface area contributed by atoms with Gasteiger partial charge in [0.05, 0.1) is 0 Å². The minimum absolute atomic E-state index is 0.179. The molecule has 1 heterocycles. The van der Waals surface area contributed by atoms with Crippen molar-refractivity contribution < 1.29 is 0 Å². The van der Waals surface area contributed by atoms with E-state index in [9.17, 15) is 0 Å². The van der Waals surface area contributed by atoms with Crippen molar-refractivity contribution in [2.75, 3.05) is 24.5 Å². The van der Waals surface area contributed by atoms with Crippen molar-refractivity contribution in [1.29, 1.82) is 0 Å². The van der Waals surface area contributed by atoms with E-state index in [2.05, 4.69) is 36.2 Å². The molecule has 2 nitrogen and oxygen atoms in total. The van der Waals surface area contributed by atoms with Gasteiger partial charge in [0.15, 0.2) is 0 Å². The third kappa shape index (κ3) is 3.14. The van der Waals surface area contributed by atoms with Gasteiger partial charge in [0.1, 0.15) is 0 Å². The van der Waals surface area contributed by atoms with E-state index in [0.717, 1.165) is 31.1 Å². The fraction of sp³-hybridized carbons (Fsp3) is 0.571. The van der Waals surface area contributed by atoms with Gasteiger partial charge < -0.3 is 10.2 Å². The molecule has 0 saturated carbocycles. The van der Waals surface area contributed by atoms with Gasteiger partial charge in [-0.15, -0.1) is 0 Å². The minimum atomic E-state index is 0.179. The molecule has 0 aliphatic carbocycles. The highest BCUT2D eigenvalue weighted by Gasteiger charge is 2.27. The first-order valence-corrected chi connectivity index (χ1v) is 6.71. The van der Waals surface area contributed by atoms with Crippen LogP contribution >= 0.6 is 11.6 Å². The quantitative estimate of drug-likeness (QED) is 0.825. The maximum absolute atomic E-state index is 6.09. The number of halogens is 1. The fourth-order valence-corrected chi connectivity index (χ4v) is 2.63. The van der Waals surface area contributed by atoms with Crippen LogP contribution in [0.4, 0.5) is 5.69 Å². The van der Waals surface area contributed by atoms with Crippen molar-refractivity contribution >= 4 is 17.3 Å². The average molecular weight is 253 g/mol. The summed E-state index contributed by atoms with van der Waals surface area (Å²) < 4.78 is 0. The van der Waals surface area contributed by atoms with Crippen LogP contribution in [0.3, 0.4) is 0 Å². The number of hydrogen-bond donors (Lipinski definition) is 1. The minimum Gasteiger partial charge on any atom is -0.366 e. The summed E-state index contributed by atoms with van der Waals surface area (Å²) in [7, 11) is 0. The molecule has 0 amide bonds. The normalized spacial score (nSPS) is 20.8. The number of rotatable bonds is 1. The monoisotopic (exact) mass is 252 g/mol. The smallest absolute Gasteiger partial charge is 0.0426 e. The molecular formula is C14H21ClN2. The molecule has 0 radical (unpaired) electrons. The molecule has 1 aliphatic heterocycles. The SMILES string of the molecule is CC1(C)CCNCCCN1c1cccc(Cl)c1. The van der Waals surface area contributed by atoms with E-state index >= 15 is 0 Å². The molecule has 0 spiro atoms. The number of hydrogen-bond acceptors (Lipinski definition) is 2. The summed E-state index contributed by atoms with van der Waals surface area (Å²) >= 11 is 6.09. The van der Waals surface area contributed by atoms with E-state index in [4.69, 9.17) is 11.6 Å². The second-order valence-corrected chi connectivity index (χ2v) is 5.73. The van der Waals surface area contributed by atoms with Crippen molar-refractivity contribution in [3.63, 3.8) is 0 Å². The highest BCUT2D eigenvalue weighted by atomic mass is 35.5. The van der Waals surface area contributed by atoms with Gasteiger partial charge in [-0.2, -0.15) is 0 Å². The van der Waals surface area contributed by atoms with Gasteiger partial charge in [0.25, 0.3) is 0 Å². The molecule has 94 valence electrons. The summed E-state index contributed by atoms with van der Waals surface area (Å²) in [6, 6.07) is 8.19. The van der Waals surface area contributed by atoms with Crippen molar-refractivity contribution in [3.05, 3.63) is 29.3 Å². The van der Waals surface area contributed by atoms with E-state index in [0.29, 0.717) is 0 Å². The number of benzene rings is 1. The lowest BCUT2D eigenvalue weighted by Gasteiger charge is -2.42. The van der Waals surface area contributed by atoms with E-state index in [1.807, 2.05) is 12.1 Å². The Morgan fingerprint density at radius 1 is 1.29 bits per heavy atom. The van der Waals surface area contributed by atoms with Gasteiger partial charge in [-0.1, -0.05) is 17.7 Å². The molecule has 1 aliphatic rings. The van der Waals surface area contributed by atoms with Crippen molar-refractivity contribution in [2.45, 2.75) is 32.2 Å². The Balaban J connectivity index is 2.26. The summed E-state index contributed by atoms with van der Waals surface area (Å²) in [5, 5.41) is 4.29. The molecule has 1 fully saturated rings. The zero-order valence-corrected chi connectivity index (χ0v) is 11.4. The molecule has 17 heavy (non-hydrogen) atoms. The van der Waals surface area contributed by atoms with E-state index in [1.165, 1.54) is 12.1 Å². The third-order valence-corrected chi connectivity index (χ3v) is 3.73. The zero-order chi connectivity index (χ0) is 12.3. The lowest BCUT2D eigenvalue weighted by molar-refractivity contribution is 0.387. The Morgan fingerprint density at radius 3 is 2.88 bits per heavy atom. The van der Waals surface area contributed by atoms with Crippen LogP contribution in [0, 0.1) is 0 Å². The molecule has 1 saturated heterocycles. The number of anilines is 1. The maximum atomic E-state index is 6.09. The van der Waals surface area contributed by atoms with Crippen LogP contribution in [0.15, 0.2) is 24.3 Å². The molecule has 0 atom stereocenters. The highest BCUT2D eigenvalue weighted by Crippen LogP contribution is 2.29. The predicted octanol–water partition coefficient (Wildman–Crippen LogP) is 3.31. The van der Waals surface area contributed by atoms with Crippen LogP contribution in [0.2, 0.25) is 5.02 Å². The van der Waals surface area contributed by atoms with Crippen LogP contribution in [0.1, 0.15) is 26.7 Å². The van der Waals surface area contributed by atoms with E-state index in [-0.39, 0.29) is 5.54 Å². The number of nitrogens with zero attached hydrogens (tertiary/aromatic N) is 1. The Bertz CT molecular complexity index is 376. The lowest BCUT2D eigenvalue weighted by atomic mass is 9.95.